The molecule has 3 N–H and O–H groups in total. The van der Waals surface area contributed by atoms with Crippen LogP contribution < -0.4 is 11.1 Å². The number of carbonyl (C=O) groups is 1. The Bertz CT molecular complexity index is 572. The zero-order chi connectivity index (χ0) is 16.3. The van der Waals surface area contributed by atoms with Gasteiger partial charge in [-0.3, -0.25) is 4.79 Å². The lowest BCUT2D eigenvalue weighted by atomic mass is 9.86. The number of carbonyl (C=O) groups excluding carboxylic acids is 1. The monoisotopic (exact) mass is 299 g/mol. The first-order valence-corrected chi connectivity index (χ1v) is 6.31. The topological polar surface area (TPSA) is 78.9 Å². The van der Waals surface area contributed by atoms with Gasteiger partial charge in [-0.05, 0) is 31.5 Å². The summed E-state index contributed by atoms with van der Waals surface area (Å²) in [6.45, 7) is 3.34. The summed E-state index contributed by atoms with van der Waals surface area (Å²) in [6, 6.07) is 4.64. The molecule has 0 bridgehead atoms. The molecule has 0 spiro atoms. The van der Waals surface area contributed by atoms with Crippen LogP contribution in [0.25, 0.3) is 0 Å². The van der Waals surface area contributed by atoms with Gasteiger partial charge in [-0.2, -0.15) is 18.4 Å². The van der Waals surface area contributed by atoms with Crippen LogP contribution in [0.1, 0.15) is 31.4 Å². The predicted octanol–water partition coefficient (Wildman–Crippen LogP) is 2.89. The average molecular weight is 299 g/mol. The molecular weight excluding hydrogens is 283 g/mol. The minimum Gasteiger partial charge on any atom is -0.329 e. The molecule has 0 fully saturated rings. The summed E-state index contributed by atoms with van der Waals surface area (Å²) < 4.78 is 39.0. The van der Waals surface area contributed by atoms with Crippen molar-refractivity contribution in [1.82, 2.24) is 0 Å². The highest BCUT2D eigenvalue weighted by Crippen LogP contribution is 2.36. The molecule has 0 aliphatic carbocycles. The van der Waals surface area contributed by atoms with Gasteiger partial charge in [-0.15, -0.1) is 0 Å². The number of alkyl halides is 3. The van der Waals surface area contributed by atoms with Gasteiger partial charge in [0.1, 0.15) is 0 Å². The van der Waals surface area contributed by atoms with Gasteiger partial charge < -0.3 is 11.1 Å². The van der Waals surface area contributed by atoms with E-state index < -0.39 is 23.1 Å². The van der Waals surface area contributed by atoms with E-state index in [9.17, 15) is 18.0 Å². The summed E-state index contributed by atoms with van der Waals surface area (Å²) in [7, 11) is 0. The van der Waals surface area contributed by atoms with Crippen LogP contribution in [0.5, 0.6) is 0 Å². The van der Waals surface area contributed by atoms with Crippen molar-refractivity contribution in [3.63, 3.8) is 0 Å². The Balaban J connectivity index is 3.21. The number of nitrogens with one attached hydrogen (secondary N) is 1. The van der Waals surface area contributed by atoms with E-state index in [4.69, 9.17) is 11.0 Å². The molecule has 1 aromatic carbocycles. The van der Waals surface area contributed by atoms with E-state index in [1.54, 1.807) is 19.9 Å². The van der Waals surface area contributed by atoms with Crippen LogP contribution >= 0.6 is 0 Å². The Hall–Kier alpha value is -2.07. The van der Waals surface area contributed by atoms with Crippen LogP contribution in [0, 0.1) is 16.7 Å². The molecule has 0 radical (unpaired) electrons. The Labute approximate surface area is 120 Å². The van der Waals surface area contributed by atoms with E-state index in [-0.39, 0.29) is 17.8 Å². The maximum atomic E-state index is 13.0. The molecule has 1 aromatic rings. The number of rotatable bonds is 4. The van der Waals surface area contributed by atoms with Crippen LogP contribution in [-0.4, -0.2) is 12.5 Å². The highest BCUT2D eigenvalue weighted by Gasteiger charge is 2.36. The number of anilines is 1. The van der Waals surface area contributed by atoms with E-state index in [1.165, 1.54) is 6.07 Å². The van der Waals surface area contributed by atoms with Crippen molar-refractivity contribution < 1.29 is 18.0 Å². The number of benzene rings is 1. The van der Waals surface area contributed by atoms with Crippen LogP contribution in [0.2, 0.25) is 0 Å². The second kappa shape index (κ2) is 6.14. The van der Waals surface area contributed by atoms with Gasteiger partial charge >= 0.3 is 6.18 Å². The second-order valence-electron chi connectivity index (χ2n) is 4.94. The summed E-state index contributed by atoms with van der Waals surface area (Å²) in [5.41, 5.74) is 3.01. The molecule has 0 aromatic heterocycles. The Kier molecular flexibility index (Phi) is 4.97. The van der Waals surface area contributed by atoms with Gasteiger partial charge in [0.2, 0.25) is 5.91 Å². The van der Waals surface area contributed by atoms with E-state index in [0.717, 1.165) is 6.07 Å². The lowest BCUT2D eigenvalue weighted by Gasteiger charge is -2.26. The SMILES string of the molecule is CCC(C)(CN)C(=O)Nc1ccc(C#N)cc1C(F)(F)F. The molecule has 114 valence electrons. The summed E-state index contributed by atoms with van der Waals surface area (Å²) in [6.07, 6.45) is -4.27. The van der Waals surface area contributed by atoms with Crippen LogP contribution in [0.3, 0.4) is 0 Å². The summed E-state index contributed by atoms with van der Waals surface area (Å²) in [5.74, 6) is -0.581. The van der Waals surface area contributed by atoms with Gasteiger partial charge in [0, 0.05) is 6.54 Å². The number of hydrogen-bond donors (Lipinski definition) is 2. The van der Waals surface area contributed by atoms with Gasteiger partial charge in [-0.25, -0.2) is 0 Å². The molecule has 0 aliphatic heterocycles. The fourth-order valence-electron chi connectivity index (χ4n) is 1.63. The average Bonchev–Trinajstić information content (AvgIpc) is 2.45. The second-order valence-corrected chi connectivity index (χ2v) is 4.94. The zero-order valence-corrected chi connectivity index (χ0v) is 11.7. The molecule has 1 rings (SSSR count). The fourth-order valence-corrected chi connectivity index (χ4v) is 1.63. The third kappa shape index (κ3) is 3.73. The van der Waals surface area contributed by atoms with Crippen molar-refractivity contribution >= 4 is 11.6 Å². The zero-order valence-electron chi connectivity index (χ0n) is 11.7. The Morgan fingerprint density at radius 3 is 2.48 bits per heavy atom. The quantitative estimate of drug-likeness (QED) is 0.897. The molecular formula is C14H16F3N3O. The van der Waals surface area contributed by atoms with Gasteiger partial charge in [0.15, 0.2) is 0 Å². The number of nitrogens with two attached hydrogens (primary N) is 1. The smallest absolute Gasteiger partial charge is 0.329 e. The van der Waals surface area contributed by atoms with Crippen molar-refractivity contribution in [3.05, 3.63) is 29.3 Å². The predicted molar refractivity (Wildman–Crippen MR) is 72.2 cm³/mol. The summed E-state index contributed by atoms with van der Waals surface area (Å²) >= 11 is 0. The number of nitrogens with zero attached hydrogens (tertiary/aromatic N) is 1. The molecule has 0 saturated carbocycles. The van der Waals surface area contributed by atoms with Crippen LogP contribution in [0.15, 0.2) is 18.2 Å². The van der Waals surface area contributed by atoms with E-state index in [0.29, 0.717) is 12.5 Å². The third-order valence-corrected chi connectivity index (χ3v) is 3.48. The van der Waals surface area contributed by atoms with Crippen molar-refractivity contribution in [2.24, 2.45) is 11.1 Å². The summed E-state index contributed by atoms with van der Waals surface area (Å²) in [5, 5.41) is 10.9. The molecule has 0 heterocycles. The number of hydrogen-bond acceptors (Lipinski definition) is 3. The Morgan fingerprint density at radius 1 is 1.43 bits per heavy atom. The highest BCUT2D eigenvalue weighted by atomic mass is 19.4. The minimum absolute atomic E-state index is 0.0208. The molecule has 1 atom stereocenters. The van der Waals surface area contributed by atoms with Crippen LogP contribution in [-0.2, 0) is 11.0 Å². The van der Waals surface area contributed by atoms with E-state index in [1.807, 2.05) is 0 Å². The Morgan fingerprint density at radius 2 is 2.05 bits per heavy atom. The van der Waals surface area contributed by atoms with Crippen molar-refractivity contribution in [1.29, 1.82) is 5.26 Å². The largest absolute Gasteiger partial charge is 0.418 e. The van der Waals surface area contributed by atoms with E-state index in [2.05, 4.69) is 5.32 Å². The van der Waals surface area contributed by atoms with Gasteiger partial charge in [0.05, 0.1) is 28.3 Å². The molecule has 0 aliphatic rings. The van der Waals surface area contributed by atoms with Crippen molar-refractivity contribution in [2.45, 2.75) is 26.4 Å². The normalized spacial score (nSPS) is 14.1. The van der Waals surface area contributed by atoms with E-state index >= 15 is 0 Å². The lowest BCUT2D eigenvalue weighted by molar-refractivity contribution is -0.137. The van der Waals surface area contributed by atoms with Crippen molar-refractivity contribution in [2.75, 3.05) is 11.9 Å². The molecule has 1 amide bonds. The first-order valence-electron chi connectivity index (χ1n) is 6.31. The van der Waals surface area contributed by atoms with Gasteiger partial charge in [-0.1, -0.05) is 6.92 Å². The highest BCUT2D eigenvalue weighted by molar-refractivity contribution is 5.96. The standard InChI is InChI=1S/C14H16F3N3O/c1-3-13(2,8-19)12(21)20-11-5-4-9(7-18)6-10(11)14(15,16)17/h4-6H,3,8,19H2,1-2H3,(H,20,21). The number of nitriles is 1. The number of halogens is 3. The third-order valence-electron chi connectivity index (χ3n) is 3.48. The minimum atomic E-state index is -4.67. The maximum absolute atomic E-state index is 13.0. The molecule has 4 nitrogen and oxygen atoms in total. The first kappa shape index (κ1) is 17.0. The fraction of sp³-hybridized carbons (Fsp3) is 0.429. The molecule has 1 unspecified atom stereocenters. The van der Waals surface area contributed by atoms with Crippen molar-refractivity contribution in [3.8, 4) is 6.07 Å². The van der Waals surface area contributed by atoms with Gasteiger partial charge in [0.25, 0.3) is 0 Å². The molecule has 0 saturated heterocycles. The maximum Gasteiger partial charge on any atom is 0.418 e. The first-order chi connectivity index (χ1) is 9.67. The summed E-state index contributed by atoms with van der Waals surface area (Å²) in [4.78, 5) is 12.1. The number of amides is 1. The molecule has 21 heavy (non-hydrogen) atoms. The lowest BCUT2D eigenvalue weighted by Crippen LogP contribution is -2.39. The van der Waals surface area contributed by atoms with Crippen LogP contribution in [0.4, 0.5) is 18.9 Å². The molecule has 7 heteroatoms.